The number of anilines is 1. The van der Waals surface area contributed by atoms with Crippen LogP contribution in [0.3, 0.4) is 0 Å². The maximum absolute atomic E-state index is 5.58. The van der Waals surface area contributed by atoms with E-state index in [1.807, 2.05) is 0 Å². The Morgan fingerprint density at radius 2 is 2.00 bits per heavy atom. The Morgan fingerprint density at radius 3 is 2.65 bits per heavy atom. The molecule has 2 heteroatoms. The lowest BCUT2D eigenvalue weighted by Gasteiger charge is -2.36. The maximum atomic E-state index is 5.58. The van der Waals surface area contributed by atoms with Gasteiger partial charge in [0.15, 0.2) is 0 Å². The molecule has 0 bridgehead atoms. The molecule has 0 unspecified atom stereocenters. The van der Waals surface area contributed by atoms with Crippen LogP contribution in [-0.2, 0) is 4.74 Å². The molecule has 0 spiro atoms. The summed E-state index contributed by atoms with van der Waals surface area (Å²) in [6.45, 7) is 7.38. The number of ether oxygens (including phenoxy) is 1. The van der Waals surface area contributed by atoms with Gasteiger partial charge in [0.2, 0.25) is 0 Å². The van der Waals surface area contributed by atoms with Crippen molar-refractivity contribution >= 4 is 5.69 Å². The zero-order valence-electron chi connectivity index (χ0n) is 11.1. The molecular weight excluding hydrogens is 210 g/mol. The number of para-hydroxylation sites is 1. The van der Waals surface area contributed by atoms with Crippen molar-refractivity contribution in [2.24, 2.45) is 0 Å². The fourth-order valence-electron chi connectivity index (χ4n) is 2.41. The van der Waals surface area contributed by atoms with Gasteiger partial charge in [-0.2, -0.15) is 0 Å². The van der Waals surface area contributed by atoms with E-state index in [1.54, 1.807) is 0 Å². The van der Waals surface area contributed by atoms with Crippen LogP contribution in [0.25, 0.3) is 0 Å². The lowest BCUT2D eigenvalue weighted by Crippen LogP contribution is -2.41. The van der Waals surface area contributed by atoms with Crippen LogP contribution in [0.4, 0.5) is 5.69 Å². The molecule has 0 saturated heterocycles. The average molecular weight is 233 g/mol. The van der Waals surface area contributed by atoms with E-state index < -0.39 is 0 Å². The largest absolute Gasteiger partial charge is 0.382 e. The van der Waals surface area contributed by atoms with Crippen molar-refractivity contribution in [3.05, 3.63) is 29.8 Å². The Balaban J connectivity index is 1.92. The first-order valence-corrected chi connectivity index (χ1v) is 6.67. The molecule has 1 fully saturated rings. The first kappa shape index (κ1) is 12.4. The van der Waals surface area contributed by atoms with Gasteiger partial charge in [-0.3, -0.25) is 0 Å². The van der Waals surface area contributed by atoms with Crippen molar-refractivity contribution in [1.29, 1.82) is 0 Å². The molecule has 2 rings (SSSR count). The topological polar surface area (TPSA) is 21.3 Å². The molecular formula is C15H23NO. The summed E-state index contributed by atoms with van der Waals surface area (Å²) < 4.78 is 5.58. The van der Waals surface area contributed by atoms with Gasteiger partial charge in [-0.25, -0.2) is 0 Å². The highest BCUT2D eigenvalue weighted by atomic mass is 16.5. The molecule has 0 aromatic heterocycles. The second-order valence-corrected chi connectivity index (χ2v) is 5.13. The van der Waals surface area contributed by atoms with E-state index in [0.29, 0.717) is 18.1 Å². The van der Waals surface area contributed by atoms with Gasteiger partial charge < -0.3 is 10.1 Å². The fourth-order valence-corrected chi connectivity index (χ4v) is 2.41. The van der Waals surface area contributed by atoms with E-state index >= 15 is 0 Å². The van der Waals surface area contributed by atoms with E-state index in [-0.39, 0.29) is 0 Å². The third-order valence-electron chi connectivity index (χ3n) is 3.44. The van der Waals surface area contributed by atoms with E-state index in [1.165, 1.54) is 11.3 Å². The molecule has 1 saturated carbocycles. The van der Waals surface area contributed by atoms with Gasteiger partial charge >= 0.3 is 0 Å². The molecule has 1 aromatic rings. The van der Waals surface area contributed by atoms with Crippen LogP contribution < -0.4 is 5.32 Å². The highest BCUT2D eigenvalue weighted by molar-refractivity contribution is 5.53. The normalized spacial score (nSPS) is 23.5. The van der Waals surface area contributed by atoms with Crippen molar-refractivity contribution in [3.63, 3.8) is 0 Å². The van der Waals surface area contributed by atoms with Crippen molar-refractivity contribution in [1.82, 2.24) is 0 Å². The van der Waals surface area contributed by atoms with Crippen molar-refractivity contribution in [3.8, 4) is 0 Å². The van der Waals surface area contributed by atoms with Crippen LogP contribution in [0, 0.1) is 0 Å². The summed E-state index contributed by atoms with van der Waals surface area (Å²) in [6, 6.07) is 9.21. The van der Waals surface area contributed by atoms with Crippen LogP contribution in [0.1, 0.15) is 45.1 Å². The van der Waals surface area contributed by atoms with E-state index in [4.69, 9.17) is 4.74 Å². The maximum Gasteiger partial charge on any atom is 0.0614 e. The minimum atomic E-state index is 0.476. The van der Waals surface area contributed by atoms with Gasteiger partial charge in [-0.05, 0) is 37.3 Å². The van der Waals surface area contributed by atoms with Gasteiger partial charge in [0, 0.05) is 18.3 Å². The highest BCUT2D eigenvalue weighted by Crippen LogP contribution is 2.30. The highest BCUT2D eigenvalue weighted by Gasteiger charge is 2.29. The quantitative estimate of drug-likeness (QED) is 0.835. The zero-order chi connectivity index (χ0) is 12.3. The molecule has 0 aliphatic heterocycles. The molecule has 17 heavy (non-hydrogen) atoms. The second kappa shape index (κ2) is 5.54. The zero-order valence-corrected chi connectivity index (χ0v) is 11.1. The molecule has 0 heterocycles. The summed E-state index contributed by atoms with van der Waals surface area (Å²) in [6.07, 6.45) is 2.75. The minimum absolute atomic E-state index is 0.476. The van der Waals surface area contributed by atoms with Crippen LogP contribution in [0.2, 0.25) is 0 Å². The first-order chi connectivity index (χ1) is 8.20. The summed E-state index contributed by atoms with van der Waals surface area (Å²) >= 11 is 0. The first-order valence-electron chi connectivity index (χ1n) is 6.67. The van der Waals surface area contributed by atoms with Gasteiger partial charge in [0.05, 0.1) is 6.10 Å². The van der Waals surface area contributed by atoms with Gasteiger partial charge in [0.1, 0.15) is 0 Å². The Labute approximate surface area is 104 Å². The summed E-state index contributed by atoms with van der Waals surface area (Å²) in [5.41, 5.74) is 2.70. The predicted octanol–water partition coefficient (Wildman–Crippen LogP) is 3.79. The van der Waals surface area contributed by atoms with Crippen molar-refractivity contribution in [2.45, 2.75) is 51.7 Å². The van der Waals surface area contributed by atoms with E-state index in [2.05, 4.69) is 50.4 Å². The molecule has 1 aliphatic carbocycles. The molecule has 1 aliphatic rings. The van der Waals surface area contributed by atoms with Crippen molar-refractivity contribution < 1.29 is 4.74 Å². The Hall–Kier alpha value is -1.02. The van der Waals surface area contributed by atoms with Gasteiger partial charge in [0.25, 0.3) is 0 Å². The molecule has 0 amide bonds. The monoisotopic (exact) mass is 233 g/mol. The number of hydrogen-bond donors (Lipinski definition) is 1. The summed E-state index contributed by atoms with van der Waals surface area (Å²) in [4.78, 5) is 0. The molecule has 1 aromatic carbocycles. The van der Waals surface area contributed by atoms with E-state index in [9.17, 15) is 0 Å². The van der Waals surface area contributed by atoms with Gasteiger partial charge in [-0.15, -0.1) is 0 Å². The van der Waals surface area contributed by atoms with Crippen LogP contribution >= 0.6 is 0 Å². The van der Waals surface area contributed by atoms with Crippen molar-refractivity contribution in [2.75, 3.05) is 11.9 Å². The number of benzene rings is 1. The summed E-state index contributed by atoms with van der Waals surface area (Å²) in [5, 5.41) is 3.64. The second-order valence-electron chi connectivity index (χ2n) is 5.13. The predicted molar refractivity (Wildman–Crippen MR) is 72.6 cm³/mol. The van der Waals surface area contributed by atoms with Gasteiger partial charge in [-0.1, -0.05) is 32.0 Å². The minimum Gasteiger partial charge on any atom is -0.382 e. The number of hydrogen-bond acceptors (Lipinski definition) is 2. The molecule has 0 atom stereocenters. The van der Waals surface area contributed by atoms with Crippen LogP contribution in [0.15, 0.2) is 24.3 Å². The Kier molecular flexibility index (Phi) is 4.06. The summed E-state index contributed by atoms with van der Waals surface area (Å²) in [7, 11) is 0. The number of rotatable bonds is 5. The standard InChI is InChI=1S/C15H23NO/c1-4-17-13-9-12(10-13)16-15-8-6-5-7-14(15)11(2)3/h5-8,11-13,16H,4,9-10H2,1-3H3. The Morgan fingerprint density at radius 1 is 1.29 bits per heavy atom. The van der Waals surface area contributed by atoms with E-state index in [0.717, 1.165) is 19.4 Å². The smallest absolute Gasteiger partial charge is 0.0614 e. The SMILES string of the molecule is CCOC1CC(Nc2ccccc2C(C)C)C1. The third kappa shape index (κ3) is 3.01. The average Bonchev–Trinajstić information content (AvgIpc) is 2.26. The fraction of sp³-hybridized carbons (Fsp3) is 0.600. The lowest BCUT2D eigenvalue weighted by molar-refractivity contribution is 0.00298. The third-order valence-corrected chi connectivity index (χ3v) is 3.44. The Bertz CT molecular complexity index is 356. The lowest BCUT2D eigenvalue weighted by atomic mass is 9.88. The van der Waals surface area contributed by atoms with Crippen LogP contribution in [0.5, 0.6) is 0 Å². The molecule has 1 N–H and O–H groups in total. The molecule has 2 nitrogen and oxygen atoms in total. The number of nitrogens with one attached hydrogen (secondary N) is 1. The summed E-state index contributed by atoms with van der Waals surface area (Å²) in [5.74, 6) is 0.571. The van der Waals surface area contributed by atoms with Crippen LogP contribution in [-0.4, -0.2) is 18.8 Å². The molecule has 94 valence electrons. The molecule has 0 radical (unpaired) electrons.